The molecule has 0 aliphatic heterocycles. The van der Waals surface area contributed by atoms with Crippen molar-refractivity contribution in [3.8, 4) is 0 Å². The number of ether oxygens (including phenoxy) is 1. The first-order valence-electron chi connectivity index (χ1n) is 9.50. The first-order valence-corrected chi connectivity index (χ1v) is 9.50. The van der Waals surface area contributed by atoms with E-state index in [2.05, 4.69) is 5.32 Å². The highest BCUT2D eigenvalue weighted by Gasteiger charge is 2.19. The van der Waals surface area contributed by atoms with Crippen LogP contribution in [-0.4, -0.2) is 25.6 Å². The number of nitrogens with zero attached hydrogens (tertiary/aromatic N) is 1. The molecule has 3 aromatic carbocycles. The van der Waals surface area contributed by atoms with Gasteiger partial charge in [0.1, 0.15) is 6.61 Å². The van der Waals surface area contributed by atoms with Gasteiger partial charge in [0.25, 0.3) is 5.91 Å². The molecule has 0 unspecified atom stereocenters. The molecular formula is C24H24N2O3. The minimum absolute atomic E-state index is 0.176. The molecule has 3 aromatic rings. The Hall–Kier alpha value is -3.60. The van der Waals surface area contributed by atoms with Crippen molar-refractivity contribution in [1.82, 2.24) is 5.32 Å². The summed E-state index contributed by atoms with van der Waals surface area (Å²) in [6.45, 7) is 0.689. The topological polar surface area (TPSA) is 58.6 Å². The molecule has 0 aromatic heterocycles. The Labute approximate surface area is 170 Å². The molecule has 3 rings (SSSR count). The Morgan fingerprint density at radius 3 is 2.10 bits per heavy atom. The van der Waals surface area contributed by atoms with Crippen LogP contribution < -0.4 is 10.2 Å². The maximum absolute atomic E-state index is 12.7. The maximum atomic E-state index is 12.7. The summed E-state index contributed by atoms with van der Waals surface area (Å²) >= 11 is 0. The minimum Gasteiger partial charge on any atom is -0.444 e. The molecule has 0 bridgehead atoms. The van der Waals surface area contributed by atoms with E-state index in [1.807, 2.05) is 60.7 Å². The van der Waals surface area contributed by atoms with Gasteiger partial charge in [0.05, 0.1) is 11.3 Å². The first-order chi connectivity index (χ1) is 14.1. The summed E-state index contributed by atoms with van der Waals surface area (Å²) in [6, 6.07) is 26.4. The first kappa shape index (κ1) is 20.1. The standard InChI is InChI=1S/C24H24N2O3/c1-26(24(28)29-18-20-12-6-3-7-13-20)22-15-9-8-14-21(22)23(27)25-17-16-19-10-4-2-5-11-19/h2-15H,16-18H2,1H3,(H,25,27). The van der Waals surface area contributed by atoms with E-state index in [4.69, 9.17) is 4.74 Å². The summed E-state index contributed by atoms with van der Waals surface area (Å²) < 4.78 is 5.37. The third kappa shape index (κ3) is 5.69. The summed E-state index contributed by atoms with van der Waals surface area (Å²) in [4.78, 5) is 26.5. The van der Waals surface area contributed by atoms with Crippen LogP contribution in [0.15, 0.2) is 84.9 Å². The van der Waals surface area contributed by atoms with Crippen LogP contribution in [-0.2, 0) is 17.8 Å². The Bertz CT molecular complexity index is 943. The normalized spacial score (nSPS) is 10.2. The van der Waals surface area contributed by atoms with Crippen LogP contribution in [0.4, 0.5) is 10.5 Å². The zero-order valence-corrected chi connectivity index (χ0v) is 16.4. The number of hydrogen-bond donors (Lipinski definition) is 1. The Morgan fingerprint density at radius 2 is 1.41 bits per heavy atom. The van der Waals surface area contributed by atoms with Crippen molar-refractivity contribution < 1.29 is 14.3 Å². The largest absolute Gasteiger partial charge is 0.444 e. The zero-order valence-electron chi connectivity index (χ0n) is 16.4. The van der Waals surface area contributed by atoms with Crippen molar-refractivity contribution in [2.75, 3.05) is 18.5 Å². The number of nitrogens with one attached hydrogen (secondary N) is 1. The maximum Gasteiger partial charge on any atom is 0.414 e. The predicted molar refractivity (Wildman–Crippen MR) is 114 cm³/mol. The van der Waals surface area contributed by atoms with E-state index in [9.17, 15) is 9.59 Å². The van der Waals surface area contributed by atoms with Gasteiger partial charge < -0.3 is 10.1 Å². The van der Waals surface area contributed by atoms with Crippen LogP contribution in [0.5, 0.6) is 0 Å². The molecule has 0 saturated heterocycles. The molecule has 2 amide bonds. The second-order valence-corrected chi connectivity index (χ2v) is 6.61. The van der Waals surface area contributed by atoms with Gasteiger partial charge >= 0.3 is 6.09 Å². The monoisotopic (exact) mass is 388 g/mol. The van der Waals surface area contributed by atoms with Crippen LogP contribution in [0.1, 0.15) is 21.5 Å². The van der Waals surface area contributed by atoms with Gasteiger partial charge in [0.2, 0.25) is 0 Å². The van der Waals surface area contributed by atoms with Crippen LogP contribution in [0.3, 0.4) is 0 Å². The number of benzene rings is 3. The molecule has 5 nitrogen and oxygen atoms in total. The number of carbonyl (C=O) groups is 2. The average Bonchev–Trinajstić information content (AvgIpc) is 2.78. The van der Waals surface area contributed by atoms with Gasteiger partial charge in [-0.25, -0.2) is 4.79 Å². The molecule has 148 valence electrons. The van der Waals surface area contributed by atoms with Gasteiger partial charge in [0.15, 0.2) is 0 Å². The number of hydrogen-bond acceptors (Lipinski definition) is 3. The summed E-state index contributed by atoms with van der Waals surface area (Å²) in [5.41, 5.74) is 2.99. The summed E-state index contributed by atoms with van der Waals surface area (Å²) in [6.07, 6.45) is 0.224. The lowest BCUT2D eigenvalue weighted by atomic mass is 10.1. The van der Waals surface area contributed by atoms with Crippen molar-refractivity contribution >= 4 is 17.7 Å². The van der Waals surface area contributed by atoms with Gasteiger partial charge in [-0.3, -0.25) is 9.69 Å². The van der Waals surface area contributed by atoms with E-state index < -0.39 is 6.09 Å². The van der Waals surface area contributed by atoms with Gasteiger partial charge in [-0.1, -0.05) is 72.8 Å². The third-order valence-electron chi connectivity index (χ3n) is 4.53. The fraction of sp³-hybridized carbons (Fsp3) is 0.167. The minimum atomic E-state index is -0.515. The molecule has 5 heteroatoms. The molecule has 0 heterocycles. The van der Waals surface area contributed by atoms with E-state index in [0.717, 1.165) is 17.5 Å². The molecule has 0 radical (unpaired) electrons. The van der Waals surface area contributed by atoms with Crippen LogP contribution in [0.25, 0.3) is 0 Å². The van der Waals surface area contributed by atoms with Crippen molar-refractivity contribution in [1.29, 1.82) is 0 Å². The summed E-state index contributed by atoms with van der Waals surface area (Å²) in [7, 11) is 1.60. The molecule has 1 N–H and O–H groups in total. The summed E-state index contributed by atoms with van der Waals surface area (Å²) in [5, 5.41) is 2.92. The van der Waals surface area contributed by atoms with Crippen molar-refractivity contribution in [2.24, 2.45) is 0 Å². The fourth-order valence-corrected chi connectivity index (χ4v) is 2.93. The number of amides is 2. The third-order valence-corrected chi connectivity index (χ3v) is 4.53. The van der Waals surface area contributed by atoms with Gasteiger partial charge in [-0.2, -0.15) is 0 Å². The van der Waals surface area contributed by atoms with Gasteiger partial charge in [-0.05, 0) is 29.7 Å². The van der Waals surface area contributed by atoms with Crippen molar-refractivity contribution in [2.45, 2.75) is 13.0 Å². The van der Waals surface area contributed by atoms with E-state index in [0.29, 0.717) is 17.8 Å². The van der Waals surface area contributed by atoms with Crippen LogP contribution in [0, 0.1) is 0 Å². The predicted octanol–water partition coefficient (Wildman–Crippen LogP) is 4.43. The Kier molecular flexibility index (Phi) is 7.00. The second kappa shape index (κ2) is 10.1. The second-order valence-electron chi connectivity index (χ2n) is 6.61. The molecule has 0 aliphatic carbocycles. The molecule has 0 aliphatic rings. The lowest BCUT2D eigenvalue weighted by Gasteiger charge is -2.20. The number of para-hydroxylation sites is 1. The lowest BCUT2D eigenvalue weighted by Crippen LogP contribution is -2.31. The molecular weight excluding hydrogens is 364 g/mol. The van der Waals surface area contributed by atoms with Crippen LogP contribution >= 0.6 is 0 Å². The average molecular weight is 388 g/mol. The van der Waals surface area contributed by atoms with Crippen molar-refractivity contribution in [3.05, 3.63) is 102 Å². The van der Waals surface area contributed by atoms with Gasteiger partial charge in [0, 0.05) is 13.6 Å². The molecule has 0 saturated carbocycles. The SMILES string of the molecule is CN(C(=O)OCc1ccccc1)c1ccccc1C(=O)NCCc1ccccc1. The smallest absolute Gasteiger partial charge is 0.414 e. The molecule has 29 heavy (non-hydrogen) atoms. The highest BCUT2D eigenvalue weighted by atomic mass is 16.6. The summed E-state index contributed by atoms with van der Waals surface area (Å²) in [5.74, 6) is -0.223. The van der Waals surface area contributed by atoms with Crippen LogP contribution in [0.2, 0.25) is 0 Å². The zero-order chi connectivity index (χ0) is 20.5. The Balaban J connectivity index is 1.60. The fourth-order valence-electron chi connectivity index (χ4n) is 2.93. The van der Waals surface area contributed by atoms with Crippen molar-refractivity contribution in [3.63, 3.8) is 0 Å². The molecule has 0 atom stereocenters. The quantitative estimate of drug-likeness (QED) is 0.651. The number of carbonyl (C=O) groups excluding carboxylic acids is 2. The number of anilines is 1. The molecule has 0 spiro atoms. The van der Waals surface area contributed by atoms with E-state index in [-0.39, 0.29) is 12.5 Å². The van der Waals surface area contributed by atoms with E-state index in [1.165, 1.54) is 4.90 Å². The Morgan fingerprint density at radius 1 is 0.828 bits per heavy atom. The van der Waals surface area contributed by atoms with Gasteiger partial charge in [-0.15, -0.1) is 0 Å². The lowest BCUT2D eigenvalue weighted by molar-refractivity contribution is 0.0954. The number of rotatable bonds is 7. The molecule has 0 fully saturated rings. The van der Waals surface area contributed by atoms with E-state index in [1.54, 1.807) is 31.3 Å². The van der Waals surface area contributed by atoms with E-state index >= 15 is 0 Å². The highest BCUT2D eigenvalue weighted by Crippen LogP contribution is 2.20. The highest BCUT2D eigenvalue weighted by molar-refractivity contribution is 6.03.